The molecule has 3 nitrogen and oxygen atoms in total. The topological polar surface area (TPSA) is 38.3 Å². The summed E-state index contributed by atoms with van der Waals surface area (Å²) in [4.78, 5) is 12.3. The minimum Gasteiger partial charge on any atom is -0.480 e. The van der Waals surface area contributed by atoms with Crippen LogP contribution >= 0.6 is 23.4 Å². The summed E-state index contributed by atoms with van der Waals surface area (Å²) >= 11 is 7.53. The van der Waals surface area contributed by atoms with Gasteiger partial charge in [-0.15, -0.1) is 0 Å². The zero-order valence-electron chi connectivity index (χ0n) is 15.5. The van der Waals surface area contributed by atoms with E-state index >= 15 is 0 Å². The van der Waals surface area contributed by atoms with Crippen LogP contribution in [-0.4, -0.2) is 24.3 Å². The Kier molecular flexibility index (Phi) is 7.18. The molecule has 1 amide bonds. The number of carbonyl (C=O) groups is 1. The summed E-state index contributed by atoms with van der Waals surface area (Å²) in [7, 11) is 0. The number of thioether (sulfide) groups is 1. The van der Waals surface area contributed by atoms with Crippen LogP contribution in [0.25, 0.3) is 10.8 Å². The van der Waals surface area contributed by atoms with Crippen molar-refractivity contribution in [1.29, 1.82) is 0 Å². The van der Waals surface area contributed by atoms with Crippen molar-refractivity contribution in [3.63, 3.8) is 0 Å². The van der Waals surface area contributed by atoms with E-state index in [1.165, 1.54) is 17.8 Å². The third-order valence-corrected chi connectivity index (χ3v) is 5.62. The van der Waals surface area contributed by atoms with E-state index in [0.717, 1.165) is 10.8 Å². The Labute approximate surface area is 173 Å². The Morgan fingerprint density at radius 3 is 2.71 bits per heavy atom. The molecule has 6 heteroatoms. The molecular weight excluding hydrogens is 397 g/mol. The van der Waals surface area contributed by atoms with Crippen LogP contribution in [0.1, 0.15) is 12.5 Å². The van der Waals surface area contributed by atoms with E-state index in [1.54, 1.807) is 19.1 Å². The number of fused-ring (bicyclic) bond motifs is 1. The van der Waals surface area contributed by atoms with Crippen molar-refractivity contribution < 1.29 is 13.9 Å². The number of hydrogen-bond acceptors (Lipinski definition) is 3. The standard InChI is InChI=1S/C22H21ClFNO2S/c1-15(27-21-11-4-7-16-6-2-3-8-17(16)21)22(26)25-12-13-28-14-18-19(23)9-5-10-20(18)24/h2-11,15H,12-14H2,1H3,(H,25,26)/t15-/m1/s1. The monoisotopic (exact) mass is 417 g/mol. The molecule has 3 rings (SSSR count). The third kappa shape index (κ3) is 5.18. The number of benzene rings is 3. The van der Waals surface area contributed by atoms with Gasteiger partial charge in [-0.05, 0) is 30.5 Å². The van der Waals surface area contributed by atoms with E-state index in [2.05, 4.69) is 5.32 Å². The second-order valence-corrected chi connectivity index (χ2v) is 7.79. The number of carbonyl (C=O) groups excluding carboxylic acids is 1. The lowest BCUT2D eigenvalue weighted by molar-refractivity contribution is -0.127. The highest BCUT2D eigenvalue weighted by atomic mass is 35.5. The molecule has 0 fully saturated rings. The largest absolute Gasteiger partial charge is 0.480 e. The van der Waals surface area contributed by atoms with Crippen molar-refractivity contribution in [1.82, 2.24) is 5.32 Å². The average Bonchev–Trinajstić information content (AvgIpc) is 2.69. The third-order valence-electron chi connectivity index (χ3n) is 4.28. The van der Waals surface area contributed by atoms with Crippen molar-refractivity contribution in [3.8, 4) is 5.75 Å². The minimum atomic E-state index is -0.614. The van der Waals surface area contributed by atoms with Crippen LogP contribution in [0, 0.1) is 5.82 Å². The van der Waals surface area contributed by atoms with Gasteiger partial charge in [0.15, 0.2) is 6.10 Å². The van der Waals surface area contributed by atoms with Crippen LogP contribution < -0.4 is 10.1 Å². The smallest absolute Gasteiger partial charge is 0.260 e. The van der Waals surface area contributed by atoms with E-state index in [9.17, 15) is 9.18 Å². The molecule has 0 aromatic heterocycles. The number of nitrogens with one attached hydrogen (secondary N) is 1. The zero-order valence-corrected chi connectivity index (χ0v) is 17.0. The molecule has 0 aliphatic heterocycles. The molecule has 0 saturated carbocycles. The van der Waals surface area contributed by atoms with Gasteiger partial charge in [0, 0.05) is 34.0 Å². The molecule has 0 radical (unpaired) electrons. The van der Waals surface area contributed by atoms with Gasteiger partial charge in [0.05, 0.1) is 0 Å². The normalized spacial score (nSPS) is 12.0. The lowest BCUT2D eigenvalue weighted by atomic mass is 10.1. The van der Waals surface area contributed by atoms with Gasteiger partial charge in [-0.25, -0.2) is 4.39 Å². The van der Waals surface area contributed by atoms with Crippen molar-refractivity contribution in [2.24, 2.45) is 0 Å². The minimum absolute atomic E-state index is 0.183. The summed E-state index contributed by atoms with van der Waals surface area (Å²) < 4.78 is 19.6. The van der Waals surface area contributed by atoms with Crippen LogP contribution in [0.15, 0.2) is 60.7 Å². The molecule has 0 heterocycles. The number of rotatable bonds is 8. The fourth-order valence-corrected chi connectivity index (χ4v) is 3.97. The number of amides is 1. The summed E-state index contributed by atoms with van der Waals surface area (Å²) in [6.07, 6.45) is -0.614. The van der Waals surface area contributed by atoms with E-state index < -0.39 is 6.10 Å². The molecule has 0 aliphatic rings. The summed E-state index contributed by atoms with van der Waals surface area (Å²) in [6.45, 7) is 2.20. The molecule has 0 saturated heterocycles. The van der Waals surface area contributed by atoms with Crippen molar-refractivity contribution >= 4 is 40.0 Å². The molecule has 3 aromatic rings. The average molecular weight is 418 g/mol. The second-order valence-electron chi connectivity index (χ2n) is 6.28. The van der Waals surface area contributed by atoms with Crippen LogP contribution in [0.4, 0.5) is 4.39 Å². The zero-order chi connectivity index (χ0) is 19.9. The Hall–Kier alpha value is -2.24. The first-order valence-electron chi connectivity index (χ1n) is 8.99. The Bertz CT molecular complexity index is 941. The summed E-state index contributed by atoms with van der Waals surface area (Å²) in [6, 6.07) is 18.3. The molecule has 0 spiro atoms. The Morgan fingerprint density at radius 1 is 1.14 bits per heavy atom. The van der Waals surface area contributed by atoms with Gasteiger partial charge in [0.2, 0.25) is 0 Å². The van der Waals surface area contributed by atoms with Crippen molar-refractivity contribution in [3.05, 3.63) is 77.1 Å². The molecule has 0 bridgehead atoms. The lowest BCUT2D eigenvalue weighted by Crippen LogP contribution is -2.37. The van der Waals surface area contributed by atoms with Gasteiger partial charge >= 0.3 is 0 Å². The highest BCUT2D eigenvalue weighted by molar-refractivity contribution is 7.98. The summed E-state index contributed by atoms with van der Waals surface area (Å²) in [5, 5.41) is 5.32. The fourth-order valence-electron chi connectivity index (χ4n) is 2.78. The predicted molar refractivity (Wildman–Crippen MR) is 115 cm³/mol. The highest BCUT2D eigenvalue weighted by Gasteiger charge is 2.15. The summed E-state index contributed by atoms with van der Waals surface area (Å²) in [5.41, 5.74) is 0.494. The van der Waals surface area contributed by atoms with Gasteiger partial charge in [-0.1, -0.05) is 54.1 Å². The highest BCUT2D eigenvalue weighted by Crippen LogP contribution is 2.26. The molecule has 28 heavy (non-hydrogen) atoms. The van der Waals surface area contributed by atoms with Crippen LogP contribution in [0.5, 0.6) is 5.75 Å². The van der Waals surface area contributed by atoms with Gasteiger partial charge in [-0.2, -0.15) is 11.8 Å². The first-order valence-corrected chi connectivity index (χ1v) is 10.5. The van der Waals surface area contributed by atoms with Gasteiger partial charge < -0.3 is 10.1 Å². The SMILES string of the molecule is C[C@@H](Oc1cccc2ccccc12)C(=O)NCCSCc1c(F)cccc1Cl. The number of ether oxygens (including phenoxy) is 1. The van der Waals surface area contributed by atoms with E-state index in [-0.39, 0.29) is 11.7 Å². The first-order chi connectivity index (χ1) is 13.6. The molecular formula is C22H21ClFNO2S. The quantitative estimate of drug-likeness (QED) is 0.495. The van der Waals surface area contributed by atoms with Gasteiger partial charge in [0.25, 0.3) is 5.91 Å². The first kappa shape index (κ1) is 20.5. The van der Waals surface area contributed by atoms with E-state index in [4.69, 9.17) is 16.3 Å². The van der Waals surface area contributed by atoms with Gasteiger partial charge in [-0.3, -0.25) is 4.79 Å². The number of hydrogen-bond donors (Lipinski definition) is 1. The van der Waals surface area contributed by atoms with Crippen LogP contribution in [0.2, 0.25) is 5.02 Å². The molecule has 0 unspecified atom stereocenters. The van der Waals surface area contributed by atoms with E-state index in [0.29, 0.717) is 34.4 Å². The Balaban J connectivity index is 1.46. The fraction of sp³-hybridized carbons (Fsp3) is 0.227. The van der Waals surface area contributed by atoms with Crippen LogP contribution in [-0.2, 0) is 10.5 Å². The van der Waals surface area contributed by atoms with Crippen molar-refractivity contribution in [2.45, 2.75) is 18.8 Å². The maximum absolute atomic E-state index is 13.7. The predicted octanol–water partition coefficient (Wildman–Crippen LogP) is 5.45. The van der Waals surface area contributed by atoms with Crippen LogP contribution in [0.3, 0.4) is 0 Å². The molecule has 1 atom stereocenters. The molecule has 0 aliphatic carbocycles. The number of halogens is 2. The molecule has 3 aromatic carbocycles. The molecule has 146 valence electrons. The molecule has 1 N–H and O–H groups in total. The second kappa shape index (κ2) is 9.80. The maximum atomic E-state index is 13.7. The van der Waals surface area contributed by atoms with Gasteiger partial charge in [0.1, 0.15) is 11.6 Å². The van der Waals surface area contributed by atoms with E-state index in [1.807, 2.05) is 42.5 Å². The Morgan fingerprint density at radius 2 is 1.89 bits per heavy atom. The summed E-state index contributed by atoms with van der Waals surface area (Å²) in [5.74, 6) is 1.31. The maximum Gasteiger partial charge on any atom is 0.260 e. The lowest BCUT2D eigenvalue weighted by Gasteiger charge is -2.16. The van der Waals surface area contributed by atoms with Crippen molar-refractivity contribution in [2.75, 3.05) is 12.3 Å².